The molecule has 0 saturated carbocycles. The second kappa shape index (κ2) is 7.92. The van der Waals surface area contributed by atoms with Crippen LogP contribution in [-0.4, -0.2) is 48.8 Å². The predicted molar refractivity (Wildman–Crippen MR) is 35.3 cm³/mol. The molecule has 15 heavy (non-hydrogen) atoms. The first kappa shape index (κ1) is 21.1. The van der Waals surface area contributed by atoms with Crippen molar-refractivity contribution in [2.45, 2.75) is 11.0 Å². The van der Waals surface area contributed by atoms with Crippen LogP contribution in [0.15, 0.2) is 0 Å². The van der Waals surface area contributed by atoms with E-state index >= 15 is 0 Å². The van der Waals surface area contributed by atoms with Crippen molar-refractivity contribution < 1.29 is 43.2 Å². The molecule has 0 heterocycles. The second-order valence-electron chi connectivity index (χ2n) is 1.36. The summed E-state index contributed by atoms with van der Waals surface area (Å²) in [5.41, 5.74) is -10.2. The van der Waals surface area contributed by atoms with Crippen LogP contribution in [0.5, 0.6) is 0 Å². The van der Waals surface area contributed by atoms with Crippen LogP contribution >= 0.6 is 0 Å². The van der Waals surface area contributed by atoms with E-state index in [-0.39, 0.29) is 37.7 Å². The van der Waals surface area contributed by atoms with Gasteiger partial charge in [0.25, 0.3) is 0 Å². The van der Waals surface area contributed by atoms with E-state index in [0.29, 0.717) is 0 Å². The van der Waals surface area contributed by atoms with Gasteiger partial charge < -0.3 is 16.8 Å². The molecule has 0 aromatic heterocycles. The molecule has 0 fully saturated rings. The van der Waals surface area contributed by atoms with Gasteiger partial charge >= 0.3 is 48.8 Å². The molecule has 88 valence electrons. The van der Waals surface area contributed by atoms with Crippen LogP contribution in [0.1, 0.15) is 0 Å². The third-order valence-corrected chi connectivity index (χ3v) is 1.13. The van der Waals surface area contributed by atoms with Crippen LogP contribution < -0.4 is 0 Å². The molecule has 4 nitrogen and oxygen atoms in total. The largest absolute Gasteiger partial charge is 2.00 e. The summed E-state index contributed by atoms with van der Waals surface area (Å²) < 4.78 is 99.0. The van der Waals surface area contributed by atoms with Crippen molar-refractivity contribution in [3.8, 4) is 0 Å². The molecule has 0 saturated heterocycles. The van der Waals surface area contributed by atoms with E-state index in [9.17, 15) is 26.3 Å². The molecule has 0 radical (unpaired) electrons. The molecule has 0 N–H and O–H groups in total. The fourth-order valence-electron chi connectivity index (χ4n) is 0. The number of halogens is 6. The van der Waals surface area contributed by atoms with Gasteiger partial charge in [0, 0.05) is 21.4 Å². The number of alkyl halides is 6. The number of hydrogen-bond acceptors (Lipinski definition) is 6. The summed E-state index contributed by atoms with van der Waals surface area (Å²) in [4.78, 5) is 0. The summed E-state index contributed by atoms with van der Waals surface area (Å²) in [6.07, 6.45) is 0. The minimum absolute atomic E-state index is 0. The molecule has 0 bridgehead atoms. The van der Waals surface area contributed by atoms with E-state index in [1.807, 2.05) is 0 Å². The zero-order valence-electron chi connectivity index (χ0n) is 6.42. The van der Waals surface area contributed by atoms with Crippen molar-refractivity contribution in [1.29, 1.82) is 0 Å². The van der Waals surface area contributed by atoms with Gasteiger partial charge in [0.2, 0.25) is 0 Å². The Balaban J connectivity index is -0.000000180. The maximum absolute atomic E-state index is 10.6. The molecule has 0 aromatic carbocycles. The summed E-state index contributed by atoms with van der Waals surface area (Å²) in [5.74, 6) is 0. The first-order valence-corrected chi connectivity index (χ1v) is 4.36. The number of hydrogen-bond donors (Lipinski definition) is 0. The van der Waals surface area contributed by atoms with Crippen LogP contribution in [0, 0.1) is 0 Å². The summed E-state index contributed by atoms with van der Waals surface area (Å²) in [5, 5.41) is 0. The third kappa shape index (κ3) is 14.7. The van der Waals surface area contributed by atoms with Crippen molar-refractivity contribution in [3.63, 3.8) is 0 Å². The Morgan fingerprint density at radius 1 is 0.600 bits per heavy atom. The van der Waals surface area contributed by atoms with Gasteiger partial charge in [-0.3, -0.25) is 0 Å². The minimum Gasteiger partial charge on any atom is -0.416 e. The average Bonchev–Trinajstić information content (AvgIpc) is 1.83. The van der Waals surface area contributed by atoms with Crippen molar-refractivity contribution in [1.82, 2.24) is 0 Å². The Bertz CT molecular complexity index is 264. The van der Waals surface area contributed by atoms with Crippen molar-refractivity contribution in [2.75, 3.05) is 0 Å². The molecule has 0 spiro atoms. The Labute approximate surface area is 113 Å². The molecular weight excluding hydrogens is 306 g/mol. The van der Waals surface area contributed by atoms with E-state index in [1.54, 1.807) is 0 Å². The van der Waals surface area contributed by atoms with Gasteiger partial charge in [0.1, 0.15) is 0 Å². The summed E-state index contributed by atoms with van der Waals surface area (Å²) in [6.45, 7) is 0. The first-order chi connectivity index (χ1) is 5.89. The molecule has 0 aromatic rings. The standard InChI is InChI=1S/2CF3O2S.Ca/c2*2-1(3,4)7(5)6;/q2*-1;+2. The maximum atomic E-state index is 10.6. The van der Waals surface area contributed by atoms with Gasteiger partial charge in [-0.1, -0.05) is 0 Å². The van der Waals surface area contributed by atoms with Crippen molar-refractivity contribution in [2.24, 2.45) is 0 Å². The zero-order chi connectivity index (χ0) is 12.2. The molecular formula is C2CaF6O4S2. The van der Waals surface area contributed by atoms with Crippen LogP contribution in [0.2, 0.25) is 0 Å². The molecule has 0 aliphatic carbocycles. The Hall–Kier alpha value is 0.740. The molecule has 0 aliphatic rings. The fourth-order valence-corrected chi connectivity index (χ4v) is 0. The third-order valence-electron chi connectivity index (χ3n) is 0.378. The van der Waals surface area contributed by atoms with E-state index in [4.69, 9.17) is 16.8 Å². The predicted octanol–water partition coefficient (Wildman–Crippen LogP) is 1.25. The Morgan fingerprint density at radius 3 is 0.667 bits per heavy atom. The summed E-state index contributed by atoms with van der Waals surface area (Å²) in [7, 11) is -7.87. The summed E-state index contributed by atoms with van der Waals surface area (Å²) >= 11 is 0. The zero-order valence-corrected chi connectivity index (χ0v) is 10.3. The van der Waals surface area contributed by atoms with Crippen LogP contribution in [-0.2, 0) is 38.2 Å². The van der Waals surface area contributed by atoms with Crippen LogP contribution in [0.3, 0.4) is 0 Å². The van der Waals surface area contributed by atoms with E-state index in [0.717, 1.165) is 0 Å². The molecule has 0 unspecified atom stereocenters. The van der Waals surface area contributed by atoms with E-state index in [2.05, 4.69) is 0 Å². The Morgan fingerprint density at radius 2 is 0.667 bits per heavy atom. The second-order valence-corrected chi connectivity index (χ2v) is 3.23. The van der Waals surface area contributed by atoms with Gasteiger partial charge in [0.15, 0.2) is 0 Å². The quantitative estimate of drug-likeness (QED) is 0.384. The maximum Gasteiger partial charge on any atom is 2.00 e. The monoisotopic (exact) mass is 306 g/mol. The fraction of sp³-hybridized carbons (Fsp3) is 1.00. The normalized spacial score (nSPS) is 11.7. The van der Waals surface area contributed by atoms with Crippen molar-refractivity contribution >= 4 is 59.1 Å². The smallest absolute Gasteiger partial charge is 0.416 e. The minimum atomic E-state index is -5.08. The van der Waals surface area contributed by atoms with Gasteiger partial charge in [-0.25, -0.2) is 0 Å². The molecule has 0 rings (SSSR count). The van der Waals surface area contributed by atoms with Gasteiger partial charge in [-0.15, -0.1) is 0 Å². The SMILES string of the molecule is O=[S-](=O)C(F)(F)F.O=[S-](=O)C(F)(F)F.[Ca+2]. The Kier molecular flexibility index (Phi) is 11.1. The van der Waals surface area contributed by atoms with Gasteiger partial charge in [-0.2, -0.15) is 26.3 Å². The van der Waals surface area contributed by atoms with Gasteiger partial charge in [0.05, 0.1) is 0 Å². The topological polar surface area (TPSA) is 68.3 Å². The first-order valence-electron chi connectivity index (χ1n) is 2.21. The average molecular weight is 306 g/mol. The van der Waals surface area contributed by atoms with Gasteiger partial charge in [-0.05, 0) is 0 Å². The molecule has 0 atom stereocenters. The van der Waals surface area contributed by atoms with Crippen LogP contribution in [0.4, 0.5) is 26.3 Å². The summed E-state index contributed by atoms with van der Waals surface area (Å²) in [6, 6.07) is 0. The van der Waals surface area contributed by atoms with E-state index < -0.39 is 32.4 Å². The molecule has 0 amide bonds. The van der Waals surface area contributed by atoms with Crippen molar-refractivity contribution in [3.05, 3.63) is 0 Å². The number of rotatable bonds is 0. The van der Waals surface area contributed by atoms with E-state index in [1.165, 1.54) is 0 Å². The van der Waals surface area contributed by atoms with Crippen LogP contribution in [0.25, 0.3) is 0 Å². The molecule has 0 aliphatic heterocycles. The molecule has 13 heteroatoms.